The molecule has 0 unspecified atom stereocenters. The maximum atomic E-state index is 12.9. The molecule has 6 nitrogen and oxygen atoms in total. The van der Waals surface area contributed by atoms with E-state index in [1.165, 1.54) is 10.6 Å². The molecule has 1 N–H and O–H groups in total. The average Bonchev–Trinajstić information content (AvgIpc) is 2.89. The molecule has 3 rings (SSSR count). The summed E-state index contributed by atoms with van der Waals surface area (Å²) in [5, 5.41) is 3.19. The van der Waals surface area contributed by atoms with Crippen LogP contribution in [-0.4, -0.2) is 58.2 Å². The molecular formula is C18H27N3O3S. The molecule has 2 aliphatic heterocycles. The fourth-order valence-electron chi connectivity index (χ4n) is 4.13. The number of nitrogens with one attached hydrogen (secondary N) is 1. The molecule has 0 saturated carbocycles. The van der Waals surface area contributed by atoms with Gasteiger partial charge in [-0.2, -0.15) is 0 Å². The van der Waals surface area contributed by atoms with E-state index in [0.29, 0.717) is 23.6 Å². The summed E-state index contributed by atoms with van der Waals surface area (Å²) in [6.07, 6.45) is 4.05. The zero-order valence-electron chi connectivity index (χ0n) is 15.2. The maximum Gasteiger partial charge on any atom is 0.253 e. The second-order valence-electron chi connectivity index (χ2n) is 7.27. The van der Waals surface area contributed by atoms with Gasteiger partial charge in [-0.3, -0.25) is 9.10 Å². The van der Waals surface area contributed by atoms with Crippen LogP contribution in [0, 0.1) is 5.92 Å². The topological polar surface area (TPSA) is 69.7 Å². The van der Waals surface area contributed by atoms with E-state index in [-0.39, 0.29) is 11.9 Å². The molecule has 0 radical (unpaired) electrons. The molecule has 0 aliphatic carbocycles. The number of fused-ring (bicyclic) bond motifs is 1. The molecular weight excluding hydrogens is 338 g/mol. The molecule has 2 atom stereocenters. The van der Waals surface area contributed by atoms with Crippen molar-refractivity contribution in [1.82, 2.24) is 10.2 Å². The summed E-state index contributed by atoms with van der Waals surface area (Å²) in [7, 11) is -1.36. The number of anilines is 1. The number of piperidine rings is 1. The third-order valence-electron chi connectivity index (χ3n) is 5.14. The quantitative estimate of drug-likeness (QED) is 0.877. The van der Waals surface area contributed by atoms with Crippen molar-refractivity contribution in [3.8, 4) is 0 Å². The Hall–Kier alpha value is -1.60. The number of likely N-dealkylation sites (tertiary alicyclic amines) is 1. The number of nitrogens with zero attached hydrogens (tertiary/aromatic N) is 2. The van der Waals surface area contributed by atoms with Gasteiger partial charge >= 0.3 is 0 Å². The minimum atomic E-state index is -3.30. The Morgan fingerprint density at radius 3 is 2.80 bits per heavy atom. The lowest BCUT2D eigenvalue weighted by atomic mass is 9.97. The first-order chi connectivity index (χ1) is 11.8. The van der Waals surface area contributed by atoms with Gasteiger partial charge in [0.15, 0.2) is 0 Å². The molecule has 25 heavy (non-hydrogen) atoms. The highest BCUT2D eigenvalue weighted by Crippen LogP contribution is 2.35. The highest BCUT2D eigenvalue weighted by atomic mass is 32.2. The highest BCUT2D eigenvalue weighted by molar-refractivity contribution is 7.92. The van der Waals surface area contributed by atoms with Crippen molar-refractivity contribution in [2.45, 2.75) is 32.2 Å². The van der Waals surface area contributed by atoms with Crippen molar-refractivity contribution in [2.75, 3.05) is 37.2 Å². The minimum absolute atomic E-state index is 0.0501. The van der Waals surface area contributed by atoms with Gasteiger partial charge in [-0.05, 0) is 69.5 Å². The lowest BCUT2D eigenvalue weighted by molar-refractivity contribution is 0.0674. The average molecular weight is 365 g/mol. The first-order valence-corrected chi connectivity index (χ1v) is 10.7. The summed E-state index contributed by atoms with van der Waals surface area (Å²) in [4.78, 5) is 14.8. The molecule has 0 spiro atoms. The number of benzene rings is 1. The van der Waals surface area contributed by atoms with Crippen molar-refractivity contribution in [3.63, 3.8) is 0 Å². The van der Waals surface area contributed by atoms with Crippen LogP contribution < -0.4 is 9.62 Å². The summed E-state index contributed by atoms with van der Waals surface area (Å²) in [6.45, 7) is 4.40. The van der Waals surface area contributed by atoms with Crippen LogP contribution >= 0.6 is 0 Å². The number of carbonyl (C=O) groups is 1. The van der Waals surface area contributed by atoms with Gasteiger partial charge in [0.25, 0.3) is 5.91 Å². The van der Waals surface area contributed by atoms with Crippen molar-refractivity contribution in [3.05, 3.63) is 29.3 Å². The maximum absolute atomic E-state index is 12.9. The highest BCUT2D eigenvalue weighted by Gasteiger charge is 2.33. The Morgan fingerprint density at radius 2 is 2.12 bits per heavy atom. The van der Waals surface area contributed by atoms with Gasteiger partial charge in [-0.25, -0.2) is 8.42 Å². The lowest BCUT2D eigenvalue weighted by Crippen LogP contribution is -2.42. The first-order valence-electron chi connectivity index (χ1n) is 8.87. The first kappa shape index (κ1) is 18.2. The van der Waals surface area contributed by atoms with E-state index in [4.69, 9.17) is 0 Å². The fourth-order valence-corrected chi connectivity index (χ4v) is 5.39. The van der Waals surface area contributed by atoms with Gasteiger partial charge < -0.3 is 10.2 Å². The van der Waals surface area contributed by atoms with E-state index in [2.05, 4.69) is 5.32 Å². The van der Waals surface area contributed by atoms with Crippen LogP contribution in [0.1, 0.15) is 35.7 Å². The number of hydrogen-bond acceptors (Lipinski definition) is 4. The molecule has 1 saturated heterocycles. The Labute approximate surface area is 150 Å². The Bertz CT molecular complexity index is 761. The van der Waals surface area contributed by atoms with Crippen LogP contribution in [0.3, 0.4) is 0 Å². The van der Waals surface area contributed by atoms with E-state index in [9.17, 15) is 13.2 Å². The largest absolute Gasteiger partial charge is 0.338 e. The predicted octanol–water partition coefficient (Wildman–Crippen LogP) is 1.47. The van der Waals surface area contributed by atoms with Crippen molar-refractivity contribution in [1.29, 1.82) is 0 Å². The van der Waals surface area contributed by atoms with Crippen LogP contribution in [0.15, 0.2) is 18.2 Å². The standard InChI is InChI=1S/C18H27N3O3S/c1-13-9-16-10-15(6-7-17(16)21(13)25(3,23)24)18(22)20-8-4-5-14(12-20)11-19-2/h6-7,10,13-14,19H,4-5,8-9,11-12H2,1-3H3/t13-,14-/m1/s1. The molecule has 1 fully saturated rings. The summed E-state index contributed by atoms with van der Waals surface area (Å²) in [6, 6.07) is 5.31. The van der Waals surface area contributed by atoms with Gasteiger partial charge in [-0.1, -0.05) is 0 Å². The van der Waals surface area contributed by atoms with Gasteiger partial charge in [-0.15, -0.1) is 0 Å². The monoisotopic (exact) mass is 365 g/mol. The molecule has 1 aromatic rings. The van der Waals surface area contributed by atoms with Gasteiger partial charge in [0.2, 0.25) is 10.0 Å². The van der Waals surface area contributed by atoms with Crippen LogP contribution in [-0.2, 0) is 16.4 Å². The van der Waals surface area contributed by atoms with Crippen molar-refractivity contribution >= 4 is 21.6 Å². The number of amides is 1. The van der Waals surface area contributed by atoms with E-state index in [1.807, 2.05) is 24.9 Å². The number of rotatable bonds is 4. The Kier molecular flexibility index (Phi) is 5.06. The molecule has 0 bridgehead atoms. The molecule has 138 valence electrons. The molecule has 2 aliphatic rings. The smallest absolute Gasteiger partial charge is 0.253 e. The van der Waals surface area contributed by atoms with E-state index >= 15 is 0 Å². The van der Waals surface area contributed by atoms with Gasteiger partial charge in [0, 0.05) is 24.7 Å². The van der Waals surface area contributed by atoms with Crippen LogP contribution in [0.5, 0.6) is 0 Å². The fraction of sp³-hybridized carbons (Fsp3) is 0.611. The number of sulfonamides is 1. The summed E-state index contributed by atoms with van der Waals surface area (Å²) in [5.41, 5.74) is 2.30. The summed E-state index contributed by atoms with van der Waals surface area (Å²) in [5.74, 6) is 0.548. The molecule has 1 amide bonds. The zero-order valence-corrected chi connectivity index (χ0v) is 16.0. The third-order valence-corrected chi connectivity index (χ3v) is 6.41. The van der Waals surface area contributed by atoms with Crippen LogP contribution in [0.25, 0.3) is 0 Å². The predicted molar refractivity (Wildman–Crippen MR) is 99.5 cm³/mol. The summed E-state index contributed by atoms with van der Waals surface area (Å²) >= 11 is 0. The van der Waals surface area contributed by atoms with E-state index < -0.39 is 10.0 Å². The molecule has 0 aromatic heterocycles. The number of hydrogen-bond donors (Lipinski definition) is 1. The van der Waals surface area contributed by atoms with Crippen LogP contribution in [0.2, 0.25) is 0 Å². The summed E-state index contributed by atoms with van der Waals surface area (Å²) < 4.78 is 25.5. The van der Waals surface area contributed by atoms with E-state index in [1.54, 1.807) is 12.1 Å². The lowest BCUT2D eigenvalue weighted by Gasteiger charge is -2.33. The SMILES string of the molecule is CNC[C@H]1CCCN(C(=O)c2ccc3c(c2)C[C@@H](C)N3S(C)(=O)=O)C1. The van der Waals surface area contributed by atoms with Crippen molar-refractivity contribution < 1.29 is 13.2 Å². The second kappa shape index (κ2) is 6.96. The molecule has 2 heterocycles. The van der Waals surface area contributed by atoms with Gasteiger partial charge in [0.1, 0.15) is 0 Å². The Morgan fingerprint density at radius 1 is 1.36 bits per heavy atom. The normalized spacial score (nSPS) is 23.6. The van der Waals surface area contributed by atoms with Gasteiger partial charge in [0.05, 0.1) is 11.9 Å². The number of carbonyl (C=O) groups excluding carboxylic acids is 1. The van der Waals surface area contributed by atoms with Crippen molar-refractivity contribution in [2.24, 2.45) is 5.92 Å². The van der Waals surface area contributed by atoms with Crippen LogP contribution in [0.4, 0.5) is 5.69 Å². The Balaban J connectivity index is 1.81. The minimum Gasteiger partial charge on any atom is -0.338 e. The zero-order chi connectivity index (χ0) is 18.2. The molecule has 1 aromatic carbocycles. The second-order valence-corrected chi connectivity index (χ2v) is 9.13. The third kappa shape index (κ3) is 3.67. The van der Waals surface area contributed by atoms with E-state index in [0.717, 1.165) is 38.0 Å². The molecule has 7 heteroatoms.